The zero-order valence-electron chi connectivity index (χ0n) is 5.61. The monoisotopic (exact) mass is 113 g/mol. The van der Waals surface area contributed by atoms with E-state index in [0.29, 0.717) is 0 Å². The van der Waals surface area contributed by atoms with Crippen LogP contribution in [0.2, 0.25) is 0 Å². The maximum Gasteiger partial charge on any atom is -0.00464 e. The Morgan fingerprint density at radius 1 is 1.25 bits per heavy atom. The summed E-state index contributed by atoms with van der Waals surface area (Å²) in [6.45, 7) is 4.82. The third kappa shape index (κ3) is 1.83. The van der Waals surface area contributed by atoms with Crippen molar-refractivity contribution in [2.45, 2.75) is 26.2 Å². The van der Waals surface area contributed by atoms with Crippen LogP contribution in [0.5, 0.6) is 0 Å². The summed E-state index contributed by atoms with van der Waals surface area (Å²) in [5.41, 5.74) is 0. The van der Waals surface area contributed by atoms with E-state index >= 15 is 0 Å². The molecule has 0 aromatic heterocycles. The van der Waals surface area contributed by atoms with Gasteiger partial charge in [-0.15, -0.1) is 0 Å². The van der Waals surface area contributed by atoms with Crippen molar-refractivity contribution in [1.29, 1.82) is 0 Å². The quantitative estimate of drug-likeness (QED) is 0.500. The predicted octanol–water partition coefficient (Wildman–Crippen LogP) is 1.40. The Balaban J connectivity index is 2.17. The van der Waals surface area contributed by atoms with Crippen LogP contribution in [0.4, 0.5) is 0 Å². The third-order valence-electron chi connectivity index (χ3n) is 1.86. The summed E-state index contributed by atoms with van der Waals surface area (Å²) in [5.74, 6) is 0.963. The highest BCUT2D eigenvalue weighted by atomic mass is 14.8. The van der Waals surface area contributed by atoms with Gasteiger partial charge in [-0.3, -0.25) is 0 Å². The van der Waals surface area contributed by atoms with E-state index in [1.54, 1.807) is 0 Å². The average Bonchev–Trinajstić information content (AvgIpc) is 1.94. The van der Waals surface area contributed by atoms with Crippen molar-refractivity contribution in [3.8, 4) is 0 Å². The zero-order valence-corrected chi connectivity index (χ0v) is 5.61. The van der Waals surface area contributed by atoms with Crippen LogP contribution in [0.1, 0.15) is 26.2 Å². The second kappa shape index (κ2) is 3.08. The van der Waals surface area contributed by atoms with E-state index in [1.807, 2.05) is 0 Å². The molecule has 0 unspecified atom stereocenters. The minimum atomic E-state index is 0.963. The van der Waals surface area contributed by atoms with Crippen molar-refractivity contribution in [3.05, 3.63) is 0 Å². The lowest BCUT2D eigenvalue weighted by atomic mass is 10.0. The number of hydrogen-bond acceptors (Lipinski definition) is 1. The maximum absolute atomic E-state index is 3.38. The highest BCUT2D eigenvalue weighted by Gasteiger charge is 2.04. The molecule has 1 heteroatoms. The summed E-state index contributed by atoms with van der Waals surface area (Å²) in [6, 6.07) is 0. The largest absolute Gasteiger partial charge is 0.317 e. The van der Waals surface area contributed by atoms with Crippen LogP contribution >= 0.6 is 0 Å². The molecule has 0 bridgehead atoms. The topological polar surface area (TPSA) is 12.0 Å². The van der Waals surface area contributed by atoms with Crippen LogP contribution in [0.25, 0.3) is 0 Å². The van der Waals surface area contributed by atoms with E-state index in [9.17, 15) is 0 Å². The van der Waals surface area contributed by atoms with Crippen molar-refractivity contribution in [1.82, 2.24) is 5.32 Å². The Labute approximate surface area is 51.5 Å². The molecule has 0 aliphatic carbocycles. The second-order valence-corrected chi connectivity index (χ2v) is 2.79. The fourth-order valence-electron chi connectivity index (χ4n) is 1.19. The lowest BCUT2D eigenvalue weighted by Crippen LogP contribution is -2.13. The van der Waals surface area contributed by atoms with Gasteiger partial charge in [0.2, 0.25) is 0 Å². The number of nitrogens with one attached hydrogen (secondary N) is 1. The molecule has 48 valence electrons. The summed E-state index contributed by atoms with van der Waals surface area (Å²) in [4.78, 5) is 0. The summed E-state index contributed by atoms with van der Waals surface area (Å²) in [5, 5.41) is 3.38. The van der Waals surface area contributed by atoms with Crippen molar-refractivity contribution >= 4 is 0 Å². The van der Waals surface area contributed by atoms with Gasteiger partial charge in [0.15, 0.2) is 0 Å². The van der Waals surface area contributed by atoms with E-state index in [4.69, 9.17) is 0 Å². The Kier molecular flexibility index (Phi) is 2.34. The number of hydrogen-bond donors (Lipinski definition) is 1. The molecule has 1 aliphatic heterocycles. The molecule has 1 N–H and O–H groups in total. The SMILES string of the molecule is C[C@@H]1CCCNCC1. The lowest BCUT2D eigenvalue weighted by molar-refractivity contribution is 0.519. The minimum absolute atomic E-state index is 0.963. The molecule has 8 heavy (non-hydrogen) atoms. The van der Waals surface area contributed by atoms with E-state index in [0.717, 1.165) is 5.92 Å². The van der Waals surface area contributed by atoms with Gasteiger partial charge in [0.25, 0.3) is 0 Å². The standard InChI is InChI=1S/C7H15N/c1-7-3-2-5-8-6-4-7/h7-8H,2-6H2,1H3/t7-/m1/s1. The predicted molar refractivity (Wildman–Crippen MR) is 35.9 cm³/mol. The van der Waals surface area contributed by atoms with Crippen molar-refractivity contribution in [3.63, 3.8) is 0 Å². The minimum Gasteiger partial charge on any atom is -0.317 e. The molecule has 1 rings (SSSR count). The van der Waals surface area contributed by atoms with Crippen LogP contribution in [0.3, 0.4) is 0 Å². The molecular formula is C7H15N. The fourth-order valence-corrected chi connectivity index (χ4v) is 1.19. The van der Waals surface area contributed by atoms with Gasteiger partial charge in [-0.05, 0) is 38.3 Å². The van der Waals surface area contributed by atoms with Gasteiger partial charge < -0.3 is 5.32 Å². The van der Waals surface area contributed by atoms with Crippen molar-refractivity contribution in [2.75, 3.05) is 13.1 Å². The maximum atomic E-state index is 3.38. The Morgan fingerprint density at radius 2 is 2.12 bits per heavy atom. The van der Waals surface area contributed by atoms with E-state index in [1.165, 1.54) is 32.4 Å². The molecular weight excluding hydrogens is 98.1 g/mol. The van der Waals surface area contributed by atoms with E-state index < -0.39 is 0 Å². The van der Waals surface area contributed by atoms with Gasteiger partial charge in [-0.25, -0.2) is 0 Å². The Hall–Kier alpha value is -0.0400. The molecule has 1 fully saturated rings. The van der Waals surface area contributed by atoms with Gasteiger partial charge in [-0.1, -0.05) is 6.92 Å². The summed E-state index contributed by atoms with van der Waals surface area (Å²) < 4.78 is 0. The van der Waals surface area contributed by atoms with Crippen molar-refractivity contribution < 1.29 is 0 Å². The molecule has 0 aromatic rings. The van der Waals surface area contributed by atoms with Crippen LogP contribution < -0.4 is 5.32 Å². The first-order valence-electron chi connectivity index (χ1n) is 3.60. The normalized spacial score (nSPS) is 31.9. The van der Waals surface area contributed by atoms with Gasteiger partial charge >= 0.3 is 0 Å². The van der Waals surface area contributed by atoms with Gasteiger partial charge in [0.05, 0.1) is 0 Å². The van der Waals surface area contributed by atoms with Crippen molar-refractivity contribution in [2.24, 2.45) is 5.92 Å². The molecule has 0 saturated carbocycles. The smallest absolute Gasteiger partial charge is 0.00464 e. The van der Waals surface area contributed by atoms with Crippen LogP contribution in [0, 0.1) is 5.92 Å². The molecule has 1 atom stereocenters. The first kappa shape index (κ1) is 6.09. The highest BCUT2D eigenvalue weighted by molar-refractivity contribution is 4.61. The Bertz CT molecular complexity index is 53.4. The van der Waals surface area contributed by atoms with Gasteiger partial charge in [0.1, 0.15) is 0 Å². The summed E-state index contributed by atoms with van der Waals surface area (Å²) in [6.07, 6.45) is 4.17. The summed E-state index contributed by atoms with van der Waals surface area (Å²) in [7, 11) is 0. The van der Waals surface area contributed by atoms with Gasteiger partial charge in [0, 0.05) is 0 Å². The van der Waals surface area contributed by atoms with Crippen LogP contribution in [-0.4, -0.2) is 13.1 Å². The van der Waals surface area contributed by atoms with E-state index in [2.05, 4.69) is 12.2 Å². The second-order valence-electron chi connectivity index (χ2n) is 2.79. The third-order valence-corrected chi connectivity index (χ3v) is 1.86. The first-order chi connectivity index (χ1) is 3.89. The highest BCUT2D eigenvalue weighted by Crippen LogP contribution is 2.10. The summed E-state index contributed by atoms with van der Waals surface area (Å²) >= 11 is 0. The molecule has 1 aliphatic rings. The molecule has 0 radical (unpaired) electrons. The average molecular weight is 113 g/mol. The van der Waals surface area contributed by atoms with E-state index in [-0.39, 0.29) is 0 Å². The van der Waals surface area contributed by atoms with Gasteiger partial charge in [-0.2, -0.15) is 0 Å². The fraction of sp³-hybridized carbons (Fsp3) is 1.00. The molecule has 0 amide bonds. The molecule has 0 aromatic carbocycles. The number of rotatable bonds is 0. The molecule has 1 saturated heterocycles. The molecule has 0 spiro atoms. The lowest BCUT2D eigenvalue weighted by Gasteiger charge is -2.02. The molecule has 1 heterocycles. The Morgan fingerprint density at radius 3 is 3.00 bits per heavy atom. The molecule has 1 nitrogen and oxygen atoms in total. The zero-order chi connectivity index (χ0) is 5.82. The van der Waals surface area contributed by atoms with Crippen LogP contribution in [0.15, 0.2) is 0 Å². The first-order valence-corrected chi connectivity index (χ1v) is 3.60. The van der Waals surface area contributed by atoms with Crippen LogP contribution in [-0.2, 0) is 0 Å².